The van der Waals surface area contributed by atoms with E-state index in [1.165, 1.54) is 38.8 Å². The number of carbonyl (C=O) groups is 1. The summed E-state index contributed by atoms with van der Waals surface area (Å²) >= 11 is 2.93. The van der Waals surface area contributed by atoms with Gasteiger partial charge in [-0.15, -0.1) is 23.1 Å². The third-order valence-corrected chi connectivity index (χ3v) is 8.71. The predicted molar refractivity (Wildman–Crippen MR) is 115 cm³/mol. The van der Waals surface area contributed by atoms with Gasteiger partial charge in [0.1, 0.15) is 6.04 Å². The number of sulfonamides is 1. The number of hydrogen-bond donors (Lipinski definition) is 1. The van der Waals surface area contributed by atoms with E-state index in [2.05, 4.69) is 10.3 Å². The average Bonchev–Trinajstić information content (AvgIpc) is 3.42. The summed E-state index contributed by atoms with van der Waals surface area (Å²) in [6.45, 7) is 2.31. The van der Waals surface area contributed by atoms with Gasteiger partial charge in [-0.3, -0.25) is 9.36 Å². The number of carbonyl (C=O) groups excluding carboxylic acids is 1. The second-order valence-corrected chi connectivity index (χ2v) is 10.8. The fourth-order valence-corrected chi connectivity index (χ4v) is 7.05. The lowest BCUT2D eigenvalue weighted by atomic mass is 10.3. The zero-order chi connectivity index (χ0) is 21.5. The summed E-state index contributed by atoms with van der Waals surface area (Å²) in [6.07, 6.45) is 0.590. The van der Waals surface area contributed by atoms with Crippen LogP contribution < -0.4 is 11.1 Å². The van der Waals surface area contributed by atoms with Gasteiger partial charge in [-0.05, 0) is 19.1 Å². The normalized spacial score (nSPS) is 17.6. The molecular weight excluding hydrogens is 448 g/mol. The molecule has 1 fully saturated rings. The predicted octanol–water partition coefficient (Wildman–Crippen LogP) is 1.32. The van der Waals surface area contributed by atoms with Crippen LogP contribution in [0.1, 0.15) is 10.7 Å². The van der Waals surface area contributed by atoms with Crippen LogP contribution in [0.25, 0.3) is 11.1 Å². The first-order chi connectivity index (χ1) is 14.3. The molecule has 12 heteroatoms. The number of hydrogen-bond acceptors (Lipinski definition) is 8. The molecule has 2 aromatic heterocycles. The maximum absolute atomic E-state index is 13.2. The number of thioether (sulfide) groups is 1. The number of nitrogens with zero attached hydrogens (tertiary/aromatic N) is 3. The minimum absolute atomic E-state index is 0.0115. The van der Waals surface area contributed by atoms with Gasteiger partial charge >= 0.3 is 5.76 Å². The molecule has 3 heterocycles. The van der Waals surface area contributed by atoms with E-state index in [1.54, 1.807) is 18.4 Å². The van der Waals surface area contributed by atoms with Crippen molar-refractivity contribution in [1.29, 1.82) is 0 Å². The van der Waals surface area contributed by atoms with Gasteiger partial charge in [-0.2, -0.15) is 4.31 Å². The Bertz CT molecular complexity index is 1260. The molecule has 0 radical (unpaired) electrons. The number of thiazole rings is 1. The summed E-state index contributed by atoms with van der Waals surface area (Å²) in [6, 6.07) is 3.49. The van der Waals surface area contributed by atoms with Crippen LogP contribution >= 0.6 is 23.1 Å². The number of aryl methyl sites for hydroxylation is 2. The molecule has 1 amide bonds. The fraction of sp³-hybridized carbons (Fsp3) is 0.389. The summed E-state index contributed by atoms with van der Waals surface area (Å²) in [5.74, 6) is -0.335. The lowest BCUT2D eigenvalue weighted by Crippen LogP contribution is -2.47. The molecule has 0 aliphatic carbocycles. The Kier molecular flexibility index (Phi) is 5.75. The van der Waals surface area contributed by atoms with Gasteiger partial charge in [0.05, 0.1) is 27.0 Å². The van der Waals surface area contributed by atoms with Crippen molar-refractivity contribution in [2.75, 3.05) is 18.2 Å². The van der Waals surface area contributed by atoms with Crippen molar-refractivity contribution in [3.63, 3.8) is 0 Å². The van der Waals surface area contributed by atoms with Crippen LogP contribution in [-0.2, 0) is 28.3 Å². The van der Waals surface area contributed by atoms with Crippen LogP contribution in [0.2, 0.25) is 0 Å². The first-order valence-electron chi connectivity index (χ1n) is 9.15. The van der Waals surface area contributed by atoms with Gasteiger partial charge < -0.3 is 9.73 Å². The molecule has 3 aromatic rings. The molecule has 1 N–H and O–H groups in total. The van der Waals surface area contributed by atoms with E-state index in [-0.39, 0.29) is 22.3 Å². The SMILES string of the molecule is Cc1nc(CCNC(=O)C2CSCN2S(=O)(=O)c2ccc3c(c2)oc(=O)n3C)cs1. The third kappa shape index (κ3) is 3.92. The monoisotopic (exact) mass is 468 g/mol. The minimum Gasteiger partial charge on any atom is -0.408 e. The highest BCUT2D eigenvalue weighted by Gasteiger charge is 2.40. The summed E-state index contributed by atoms with van der Waals surface area (Å²) in [5, 5.41) is 5.73. The maximum atomic E-state index is 13.2. The second-order valence-electron chi connectivity index (χ2n) is 6.86. The molecule has 1 aliphatic rings. The van der Waals surface area contributed by atoms with Crippen molar-refractivity contribution < 1.29 is 17.6 Å². The highest BCUT2D eigenvalue weighted by Crippen LogP contribution is 2.29. The largest absolute Gasteiger partial charge is 0.419 e. The minimum atomic E-state index is -3.93. The second kappa shape index (κ2) is 8.17. The van der Waals surface area contributed by atoms with Gasteiger partial charge in [0.25, 0.3) is 0 Å². The number of fused-ring (bicyclic) bond motifs is 1. The molecular formula is C18H20N4O5S3. The Labute approximate surface area is 181 Å². The molecule has 1 aromatic carbocycles. The van der Waals surface area contributed by atoms with Gasteiger partial charge in [-0.1, -0.05) is 0 Å². The number of nitrogens with one attached hydrogen (secondary N) is 1. The molecule has 0 spiro atoms. The standard InChI is InChI=1S/C18H20N4O5S3/c1-11-20-12(8-29-11)5-6-19-17(23)15-9-28-10-22(15)30(25,26)13-3-4-14-16(7-13)27-18(24)21(14)2/h3-4,7-8,15H,5-6,9-10H2,1-2H3,(H,19,23). The maximum Gasteiger partial charge on any atom is 0.419 e. The summed E-state index contributed by atoms with van der Waals surface area (Å²) in [7, 11) is -2.38. The Hall–Kier alpha value is -2.15. The van der Waals surface area contributed by atoms with Crippen molar-refractivity contribution in [3.8, 4) is 0 Å². The fourth-order valence-electron chi connectivity index (χ4n) is 3.24. The summed E-state index contributed by atoms with van der Waals surface area (Å²) in [5.41, 5.74) is 1.59. The molecule has 1 atom stereocenters. The van der Waals surface area contributed by atoms with E-state index >= 15 is 0 Å². The number of rotatable bonds is 6. The number of oxazole rings is 1. The van der Waals surface area contributed by atoms with Crippen LogP contribution in [0, 0.1) is 6.92 Å². The van der Waals surface area contributed by atoms with Gasteiger partial charge in [0.15, 0.2) is 5.58 Å². The Balaban J connectivity index is 1.50. The van der Waals surface area contributed by atoms with E-state index in [4.69, 9.17) is 4.42 Å². The van der Waals surface area contributed by atoms with Crippen LogP contribution in [0.4, 0.5) is 0 Å². The van der Waals surface area contributed by atoms with Crippen LogP contribution in [0.5, 0.6) is 0 Å². The molecule has 0 saturated carbocycles. The Morgan fingerprint density at radius 3 is 2.93 bits per heavy atom. The zero-order valence-corrected chi connectivity index (χ0v) is 18.8. The highest BCUT2D eigenvalue weighted by molar-refractivity contribution is 8.00. The third-order valence-electron chi connectivity index (χ3n) is 4.86. The Morgan fingerprint density at radius 2 is 2.20 bits per heavy atom. The van der Waals surface area contributed by atoms with E-state index in [0.29, 0.717) is 24.2 Å². The van der Waals surface area contributed by atoms with Crippen molar-refractivity contribution in [2.24, 2.45) is 7.05 Å². The van der Waals surface area contributed by atoms with Crippen LogP contribution in [-0.4, -0.2) is 52.4 Å². The lowest BCUT2D eigenvalue weighted by Gasteiger charge is -2.22. The smallest absolute Gasteiger partial charge is 0.408 e. The molecule has 0 bridgehead atoms. The van der Waals surface area contributed by atoms with Crippen LogP contribution in [0.3, 0.4) is 0 Å². The summed E-state index contributed by atoms with van der Waals surface area (Å²) in [4.78, 5) is 28.7. The molecule has 1 aliphatic heterocycles. The van der Waals surface area contributed by atoms with E-state index in [9.17, 15) is 18.0 Å². The van der Waals surface area contributed by atoms with Gasteiger partial charge in [0.2, 0.25) is 15.9 Å². The molecule has 160 valence electrons. The van der Waals surface area contributed by atoms with E-state index in [1.807, 2.05) is 12.3 Å². The molecule has 1 unspecified atom stereocenters. The van der Waals surface area contributed by atoms with Crippen LogP contribution in [0.15, 0.2) is 37.7 Å². The molecule has 4 rings (SSSR count). The number of amides is 1. The van der Waals surface area contributed by atoms with E-state index in [0.717, 1.165) is 10.7 Å². The first kappa shape index (κ1) is 21.1. The number of benzene rings is 1. The summed E-state index contributed by atoms with van der Waals surface area (Å²) < 4.78 is 34.0. The first-order valence-corrected chi connectivity index (χ1v) is 12.6. The molecule has 30 heavy (non-hydrogen) atoms. The van der Waals surface area contributed by atoms with Crippen molar-refractivity contribution in [2.45, 2.75) is 24.3 Å². The highest BCUT2D eigenvalue weighted by atomic mass is 32.2. The Morgan fingerprint density at radius 1 is 1.40 bits per heavy atom. The topological polar surface area (TPSA) is 115 Å². The lowest BCUT2D eigenvalue weighted by molar-refractivity contribution is -0.123. The average molecular weight is 469 g/mol. The van der Waals surface area contributed by atoms with Gasteiger partial charge in [-0.25, -0.2) is 18.2 Å². The molecule has 1 saturated heterocycles. The number of aromatic nitrogens is 2. The van der Waals surface area contributed by atoms with Crippen molar-refractivity contribution in [1.82, 2.24) is 19.2 Å². The zero-order valence-electron chi connectivity index (χ0n) is 16.3. The molecule has 9 nitrogen and oxygen atoms in total. The van der Waals surface area contributed by atoms with Crippen molar-refractivity contribution >= 4 is 50.1 Å². The van der Waals surface area contributed by atoms with Crippen molar-refractivity contribution in [3.05, 3.63) is 44.8 Å². The quantitative estimate of drug-likeness (QED) is 0.580. The van der Waals surface area contributed by atoms with Gasteiger partial charge in [0, 0.05) is 37.2 Å². The van der Waals surface area contributed by atoms with E-state index < -0.39 is 21.8 Å².